The maximum atomic E-state index is 13.1. The number of nitrogens with one attached hydrogen (secondary N) is 1. The Morgan fingerprint density at radius 1 is 1.07 bits per heavy atom. The molecule has 0 saturated carbocycles. The molecule has 1 aliphatic rings. The van der Waals surface area contributed by atoms with Crippen molar-refractivity contribution in [3.63, 3.8) is 0 Å². The molecule has 5 nitrogen and oxygen atoms in total. The SMILES string of the molecule is O=C(NC1CCN(C(=O)CCOc2cccc(F)c2)CC1)c1ccccc1. The number of ether oxygens (including phenoxy) is 1. The van der Waals surface area contributed by atoms with Gasteiger partial charge >= 0.3 is 0 Å². The first kappa shape index (κ1) is 18.9. The van der Waals surface area contributed by atoms with E-state index in [0.29, 0.717) is 24.4 Å². The lowest BCUT2D eigenvalue weighted by Gasteiger charge is -2.32. The van der Waals surface area contributed by atoms with E-state index in [1.54, 1.807) is 29.2 Å². The Labute approximate surface area is 158 Å². The Hall–Kier alpha value is -2.89. The number of benzene rings is 2. The van der Waals surface area contributed by atoms with Crippen LogP contribution in [0.2, 0.25) is 0 Å². The third-order valence-electron chi connectivity index (χ3n) is 4.60. The molecule has 2 aromatic carbocycles. The number of nitrogens with zero attached hydrogens (tertiary/aromatic N) is 1. The van der Waals surface area contributed by atoms with Gasteiger partial charge in [-0.25, -0.2) is 4.39 Å². The van der Waals surface area contributed by atoms with Gasteiger partial charge in [0.1, 0.15) is 11.6 Å². The molecule has 0 aromatic heterocycles. The van der Waals surface area contributed by atoms with E-state index >= 15 is 0 Å². The molecule has 3 rings (SSSR count). The molecule has 1 fully saturated rings. The summed E-state index contributed by atoms with van der Waals surface area (Å²) < 4.78 is 18.5. The van der Waals surface area contributed by atoms with Crippen LogP contribution in [0.25, 0.3) is 0 Å². The smallest absolute Gasteiger partial charge is 0.251 e. The molecule has 1 saturated heterocycles. The average molecular weight is 370 g/mol. The summed E-state index contributed by atoms with van der Waals surface area (Å²) in [5, 5.41) is 3.03. The number of hydrogen-bond acceptors (Lipinski definition) is 3. The highest BCUT2D eigenvalue weighted by Gasteiger charge is 2.24. The van der Waals surface area contributed by atoms with Gasteiger partial charge in [0.15, 0.2) is 0 Å². The average Bonchev–Trinajstić information content (AvgIpc) is 2.69. The predicted molar refractivity (Wildman–Crippen MR) is 100 cm³/mol. The fourth-order valence-electron chi connectivity index (χ4n) is 3.10. The van der Waals surface area contributed by atoms with Gasteiger partial charge in [-0.1, -0.05) is 24.3 Å². The Morgan fingerprint density at radius 3 is 2.52 bits per heavy atom. The van der Waals surface area contributed by atoms with Gasteiger partial charge in [-0.05, 0) is 37.1 Å². The minimum absolute atomic E-state index is 0.0132. The van der Waals surface area contributed by atoms with Crippen molar-refractivity contribution in [1.29, 1.82) is 0 Å². The Morgan fingerprint density at radius 2 is 1.81 bits per heavy atom. The Balaban J connectivity index is 1.38. The van der Waals surface area contributed by atoms with Crippen LogP contribution in [0.4, 0.5) is 4.39 Å². The molecule has 0 atom stereocenters. The summed E-state index contributed by atoms with van der Waals surface area (Å²) in [6.07, 6.45) is 1.71. The van der Waals surface area contributed by atoms with E-state index in [9.17, 15) is 14.0 Å². The summed E-state index contributed by atoms with van der Waals surface area (Å²) in [4.78, 5) is 26.3. The van der Waals surface area contributed by atoms with Crippen LogP contribution in [-0.2, 0) is 4.79 Å². The number of likely N-dealkylation sites (tertiary alicyclic amines) is 1. The van der Waals surface area contributed by atoms with Crippen molar-refractivity contribution in [1.82, 2.24) is 10.2 Å². The van der Waals surface area contributed by atoms with Crippen molar-refractivity contribution in [2.45, 2.75) is 25.3 Å². The fraction of sp³-hybridized carbons (Fsp3) is 0.333. The van der Waals surface area contributed by atoms with E-state index < -0.39 is 0 Å². The van der Waals surface area contributed by atoms with Gasteiger partial charge < -0.3 is 15.0 Å². The van der Waals surface area contributed by atoms with Crippen molar-refractivity contribution in [3.8, 4) is 5.75 Å². The number of carbonyl (C=O) groups excluding carboxylic acids is 2. The number of hydrogen-bond donors (Lipinski definition) is 1. The normalized spacial score (nSPS) is 14.6. The van der Waals surface area contributed by atoms with Crippen molar-refractivity contribution >= 4 is 11.8 Å². The maximum absolute atomic E-state index is 13.1. The van der Waals surface area contributed by atoms with Crippen molar-refractivity contribution < 1.29 is 18.7 Å². The molecule has 2 amide bonds. The zero-order valence-electron chi connectivity index (χ0n) is 15.1. The lowest BCUT2D eigenvalue weighted by Crippen LogP contribution is -2.46. The molecule has 1 N–H and O–H groups in total. The summed E-state index contributed by atoms with van der Waals surface area (Å²) >= 11 is 0. The molecule has 0 unspecified atom stereocenters. The first-order chi connectivity index (χ1) is 13.1. The first-order valence-electron chi connectivity index (χ1n) is 9.14. The minimum atomic E-state index is -0.363. The summed E-state index contributed by atoms with van der Waals surface area (Å²) in [6, 6.07) is 15.1. The second-order valence-corrected chi connectivity index (χ2v) is 6.55. The number of piperidine rings is 1. The van der Waals surface area contributed by atoms with Gasteiger partial charge in [-0.3, -0.25) is 9.59 Å². The molecule has 142 valence electrons. The molecular weight excluding hydrogens is 347 g/mol. The number of amides is 2. The van der Waals surface area contributed by atoms with E-state index in [1.807, 2.05) is 18.2 Å². The standard InChI is InChI=1S/C21H23FN2O3/c22-17-7-4-8-19(15-17)27-14-11-20(25)24-12-9-18(10-13-24)23-21(26)16-5-2-1-3-6-16/h1-8,15,18H,9-14H2,(H,23,26). The van der Waals surface area contributed by atoms with Crippen LogP contribution in [0.3, 0.4) is 0 Å². The summed E-state index contributed by atoms with van der Waals surface area (Å²) in [5.74, 6) is -0.00769. The van der Waals surface area contributed by atoms with E-state index in [-0.39, 0.29) is 36.7 Å². The molecule has 6 heteroatoms. The van der Waals surface area contributed by atoms with Crippen molar-refractivity contribution in [2.24, 2.45) is 0 Å². The van der Waals surface area contributed by atoms with Crippen LogP contribution in [0.1, 0.15) is 29.6 Å². The zero-order valence-corrected chi connectivity index (χ0v) is 15.1. The Kier molecular flexibility index (Phi) is 6.41. The quantitative estimate of drug-likeness (QED) is 0.850. The third kappa shape index (κ3) is 5.54. The highest BCUT2D eigenvalue weighted by Crippen LogP contribution is 2.14. The van der Waals surface area contributed by atoms with Gasteiger partial charge in [0.25, 0.3) is 5.91 Å². The molecular formula is C21H23FN2O3. The lowest BCUT2D eigenvalue weighted by atomic mass is 10.0. The maximum Gasteiger partial charge on any atom is 0.251 e. The summed E-state index contributed by atoms with van der Waals surface area (Å²) in [6.45, 7) is 1.43. The van der Waals surface area contributed by atoms with Crippen LogP contribution in [0.15, 0.2) is 54.6 Å². The van der Waals surface area contributed by atoms with Crippen LogP contribution in [0, 0.1) is 5.82 Å². The molecule has 0 spiro atoms. The zero-order chi connectivity index (χ0) is 19.1. The van der Waals surface area contributed by atoms with E-state index in [2.05, 4.69) is 5.32 Å². The van der Waals surface area contributed by atoms with Gasteiger partial charge in [-0.2, -0.15) is 0 Å². The minimum Gasteiger partial charge on any atom is -0.493 e. The predicted octanol–water partition coefficient (Wildman–Crippen LogP) is 3.02. The highest BCUT2D eigenvalue weighted by atomic mass is 19.1. The van der Waals surface area contributed by atoms with Crippen LogP contribution in [-0.4, -0.2) is 42.5 Å². The fourth-order valence-corrected chi connectivity index (χ4v) is 3.10. The van der Waals surface area contributed by atoms with Gasteiger partial charge in [-0.15, -0.1) is 0 Å². The summed E-state index contributed by atoms with van der Waals surface area (Å²) in [5.41, 5.74) is 0.644. The second-order valence-electron chi connectivity index (χ2n) is 6.55. The van der Waals surface area contributed by atoms with E-state index in [4.69, 9.17) is 4.74 Å². The monoisotopic (exact) mass is 370 g/mol. The summed E-state index contributed by atoms with van der Waals surface area (Å²) in [7, 11) is 0. The molecule has 0 aliphatic carbocycles. The van der Waals surface area contributed by atoms with Crippen LogP contribution in [0.5, 0.6) is 5.75 Å². The molecule has 0 bridgehead atoms. The molecule has 27 heavy (non-hydrogen) atoms. The molecule has 1 aliphatic heterocycles. The van der Waals surface area contributed by atoms with Gasteiger partial charge in [0.05, 0.1) is 13.0 Å². The molecule has 1 heterocycles. The Bertz CT molecular complexity index is 774. The number of rotatable bonds is 6. The molecule has 2 aromatic rings. The number of carbonyl (C=O) groups is 2. The van der Waals surface area contributed by atoms with Crippen molar-refractivity contribution in [3.05, 3.63) is 66.0 Å². The van der Waals surface area contributed by atoms with Crippen LogP contribution >= 0.6 is 0 Å². The number of halogens is 1. The van der Waals surface area contributed by atoms with Crippen LogP contribution < -0.4 is 10.1 Å². The molecule has 0 radical (unpaired) electrons. The van der Waals surface area contributed by atoms with E-state index in [0.717, 1.165) is 12.8 Å². The lowest BCUT2D eigenvalue weighted by molar-refractivity contribution is -0.132. The van der Waals surface area contributed by atoms with Gasteiger partial charge in [0.2, 0.25) is 5.91 Å². The largest absolute Gasteiger partial charge is 0.493 e. The van der Waals surface area contributed by atoms with Crippen molar-refractivity contribution in [2.75, 3.05) is 19.7 Å². The van der Waals surface area contributed by atoms with E-state index in [1.165, 1.54) is 12.1 Å². The van der Waals surface area contributed by atoms with Gasteiger partial charge in [0, 0.05) is 30.8 Å². The first-order valence-corrected chi connectivity index (χ1v) is 9.14. The topological polar surface area (TPSA) is 58.6 Å². The second kappa shape index (κ2) is 9.16. The highest BCUT2D eigenvalue weighted by molar-refractivity contribution is 5.94. The third-order valence-corrected chi connectivity index (χ3v) is 4.60.